The summed E-state index contributed by atoms with van der Waals surface area (Å²) in [5.74, 6) is -0.948. The minimum absolute atomic E-state index is 0.0384. The molecule has 0 unspecified atom stereocenters. The molecule has 0 saturated heterocycles. The SMILES string of the molecule is CCN(CC(=O)NC(=O)c1ccccc1Cl)CC(C)(C)O. The van der Waals surface area contributed by atoms with Crippen LogP contribution in [0.1, 0.15) is 31.1 Å². The van der Waals surface area contributed by atoms with Crippen LogP contribution < -0.4 is 5.32 Å². The third-order valence-corrected chi connectivity index (χ3v) is 3.13. The molecule has 0 atom stereocenters. The summed E-state index contributed by atoms with van der Waals surface area (Å²) in [5.41, 5.74) is -0.638. The minimum Gasteiger partial charge on any atom is -0.389 e. The number of nitrogens with zero attached hydrogens (tertiary/aromatic N) is 1. The maximum atomic E-state index is 11.9. The van der Waals surface area contributed by atoms with Gasteiger partial charge in [0.25, 0.3) is 5.91 Å². The van der Waals surface area contributed by atoms with E-state index in [0.717, 1.165) is 0 Å². The molecule has 0 radical (unpaired) electrons. The number of rotatable bonds is 6. The lowest BCUT2D eigenvalue weighted by molar-refractivity contribution is -0.121. The summed E-state index contributed by atoms with van der Waals surface area (Å²) < 4.78 is 0. The number of halogens is 1. The van der Waals surface area contributed by atoms with Crippen molar-refractivity contribution in [2.24, 2.45) is 0 Å². The number of hydrogen-bond donors (Lipinski definition) is 2. The standard InChI is InChI=1S/C15H21ClN2O3/c1-4-18(10-15(2,3)21)9-13(19)17-14(20)11-7-5-6-8-12(11)16/h5-8,21H,4,9-10H2,1-3H3,(H,17,19,20). The molecule has 0 heterocycles. The summed E-state index contributed by atoms with van der Waals surface area (Å²) in [6.45, 7) is 6.20. The predicted octanol–water partition coefficient (Wildman–Crippen LogP) is 1.69. The van der Waals surface area contributed by atoms with Crippen molar-refractivity contribution in [2.75, 3.05) is 19.6 Å². The lowest BCUT2D eigenvalue weighted by Crippen LogP contribution is -2.45. The topological polar surface area (TPSA) is 69.6 Å². The average molecular weight is 313 g/mol. The van der Waals surface area contributed by atoms with Crippen molar-refractivity contribution in [1.82, 2.24) is 10.2 Å². The molecule has 0 saturated carbocycles. The second kappa shape index (κ2) is 7.54. The molecule has 1 aromatic carbocycles. The molecular weight excluding hydrogens is 292 g/mol. The second-order valence-electron chi connectivity index (χ2n) is 5.47. The van der Waals surface area contributed by atoms with E-state index in [1.54, 1.807) is 43.0 Å². The van der Waals surface area contributed by atoms with Crippen molar-refractivity contribution in [2.45, 2.75) is 26.4 Å². The van der Waals surface area contributed by atoms with Crippen LogP contribution in [0.2, 0.25) is 5.02 Å². The van der Waals surface area contributed by atoms with E-state index in [2.05, 4.69) is 5.32 Å². The molecule has 1 aromatic rings. The molecular formula is C15H21ClN2O3. The van der Waals surface area contributed by atoms with E-state index < -0.39 is 17.4 Å². The first-order valence-electron chi connectivity index (χ1n) is 6.76. The maximum absolute atomic E-state index is 11.9. The van der Waals surface area contributed by atoms with E-state index >= 15 is 0 Å². The van der Waals surface area contributed by atoms with Crippen LogP contribution in [-0.2, 0) is 4.79 Å². The monoisotopic (exact) mass is 312 g/mol. The van der Waals surface area contributed by atoms with Gasteiger partial charge in [-0.05, 0) is 32.5 Å². The Morgan fingerprint density at radius 2 is 1.95 bits per heavy atom. The fourth-order valence-corrected chi connectivity index (χ4v) is 2.13. The van der Waals surface area contributed by atoms with E-state index in [-0.39, 0.29) is 12.1 Å². The smallest absolute Gasteiger partial charge is 0.259 e. The first kappa shape index (κ1) is 17.6. The van der Waals surface area contributed by atoms with Crippen molar-refractivity contribution < 1.29 is 14.7 Å². The highest BCUT2D eigenvalue weighted by atomic mass is 35.5. The number of carbonyl (C=O) groups is 2. The second-order valence-corrected chi connectivity index (χ2v) is 5.88. The molecule has 0 aliphatic heterocycles. The summed E-state index contributed by atoms with van der Waals surface area (Å²) in [6, 6.07) is 6.54. The van der Waals surface area contributed by atoms with Crippen LogP contribution >= 0.6 is 11.6 Å². The largest absolute Gasteiger partial charge is 0.389 e. The molecule has 0 bridgehead atoms. The number of amides is 2. The van der Waals surface area contributed by atoms with Crippen molar-refractivity contribution >= 4 is 23.4 Å². The molecule has 0 aromatic heterocycles. The Bertz CT molecular complexity index is 512. The van der Waals surface area contributed by atoms with Gasteiger partial charge in [-0.3, -0.25) is 19.8 Å². The number of imide groups is 1. The molecule has 0 aliphatic carbocycles. The fourth-order valence-electron chi connectivity index (χ4n) is 1.91. The molecule has 116 valence electrons. The summed E-state index contributed by atoms with van der Waals surface area (Å²) in [4.78, 5) is 25.6. The Morgan fingerprint density at radius 1 is 1.33 bits per heavy atom. The highest BCUT2D eigenvalue weighted by Crippen LogP contribution is 2.14. The Hall–Kier alpha value is -1.43. The summed E-state index contributed by atoms with van der Waals surface area (Å²) in [6.07, 6.45) is 0. The van der Waals surface area contributed by atoms with Crippen LogP contribution in [0.25, 0.3) is 0 Å². The van der Waals surface area contributed by atoms with Crippen LogP contribution in [0.3, 0.4) is 0 Å². The third-order valence-electron chi connectivity index (χ3n) is 2.80. The maximum Gasteiger partial charge on any atom is 0.259 e. The van der Waals surface area contributed by atoms with Crippen molar-refractivity contribution in [3.63, 3.8) is 0 Å². The van der Waals surface area contributed by atoms with Crippen LogP contribution in [0.15, 0.2) is 24.3 Å². The molecule has 5 nitrogen and oxygen atoms in total. The van der Waals surface area contributed by atoms with E-state index in [9.17, 15) is 14.7 Å². The fraction of sp³-hybridized carbons (Fsp3) is 0.467. The number of aliphatic hydroxyl groups is 1. The average Bonchev–Trinajstić information content (AvgIpc) is 2.36. The highest BCUT2D eigenvalue weighted by molar-refractivity contribution is 6.34. The molecule has 2 amide bonds. The number of hydrogen-bond acceptors (Lipinski definition) is 4. The zero-order valence-corrected chi connectivity index (χ0v) is 13.3. The Morgan fingerprint density at radius 3 is 2.48 bits per heavy atom. The Kier molecular flexibility index (Phi) is 6.33. The van der Waals surface area contributed by atoms with E-state index in [4.69, 9.17) is 11.6 Å². The van der Waals surface area contributed by atoms with Gasteiger partial charge in [0.15, 0.2) is 0 Å². The first-order valence-corrected chi connectivity index (χ1v) is 7.14. The number of benzene rings is 1. The van der Waals surface area contributed by atoms with Gasteiger partial charge in [-0.2, -0.15) is 0 Å². The van der Waals surface area contributed by atoms with Gasteiger partial charge in [0, 0.05) is 6.54 Å². The first-order chi connectivity index (χ1) is 9.73. The molecule has 0 fully saturated rings. The summed E-state index contributed by atoms with van der Waals surface area (Å²) >= 11 is 5.91. The van der Waals surface area contributed by atoms with Gasteiger partial charge >= 0.3 is 0 Å². The predicted molar refractivity (Wildman–Crippen MR) is 82.3 cm³/mol. The van der Waals surface area contributed by atoms with Gasteiger partial charge < -0.3 is 5.11 Å². The lowest BCUT2D eigenvalue weighted by Gasteiger charge is -2.27. The lowest BCUT2D eigenvalue weighted by atomic mass is 10.1. The molecule has 1 rings (SSSR count). The minimum atomic E-state index is -0.900. The zero-order chi connectivity index (χ0) is 16.0. The zero-order valence-electron chi connectivity index (χ0n) is 12.5. The van der Waals surface area contributed by atoms with Gasteiger partial charge in [0.05, 0.1) is 22.7 Å². The Balaban J connectivity index is 2.61. The van der Waals surface area contributed by atoms with E-state index in [1.165, 1.54) is 0 Å². The van der Waals surface area contributed by atoms with Gasteiger partial charge in [-0.25, -0.2) is 0 Å². The van der Waals surface area contributed by atoms with Crippen molar-refractivity contribution in [3.05, 3.63) is 34.9 Å². The summed E-state index contributed by atoms with van der Waals surface area (Å²) in [7, 11) is 0. The van der Waals surface area contributed by atoms with Gasteiger partial charge in [-0.15, -0.1) is 0 Å². The van der Waals surface area contributed by atoms with Crippen LogP contribution in [-0.4, -0.2) is 47.1 Å². The van der Waals surface area contributed by atoms with Crippen LogP contribution in [0.5, 0.6) is 0 Å². The van der Waals surface area contributed by atoms with Crippen LogP contribution in [0.4, 0.5) is 0 Å². The normalized spacial score (nSPS) is 11.5. The van der Waals surface area contributed by atoms with E-state index in [1.807, 2.05) is 6.92 Å². The molecule has 2 N–H and O–H groups in total. The van der Waals surface area contributed by atoms with Crippen molar-refractivity contribution in [3.8, 4) is 0 Å². The summed E-state index contributed by atoms with van der Waals surface area (Å²) in [5, 5.41) is 12.4. The molecule has 21 heavy (non-hydrogen) atoms. The van der Waals surface area contributed by atoms with Gasteiger partial charge in [0.1, 0.15) is 0 Å². The molecule has 0 aliphatic rings. The number of carbonyl (C=O) groups excluding carboxylic acids is 2. The third kappa shape index (κ3) is 6.25. The van der Waals surface area contributed by atoms with E-state index in [0.29, 0.717) is 18.1 Å². The van der Waals surface area contributed by atoms with Crippen LogP contribution in [0, 0.1) is 0 Å². The highest BCUT2D eigenvalue weighted by Gasteiger charge is 2.20. The van der Waals surface area contributed by atoms with Crippen molar-refractivity contribution in [1.29, 1.82) is 0 Å². The molecule has 6 heteroatoms. The molecule has 0 spiro atoms. The Labute approximate surface area is 129 Å². The number of nitrogens with one attached hydrogen (secondary N) is 1. The number of likely N-dealkylation sites (N-methyl/N-ethyl adjacent to an activating group) is 1. The van der Waals surface area contributed by atoms with Gasteiger partial charge in [0.2, 0.25) is 5.91 Å². The van der Waals surface area contributed by atoms with Gasteiger partial charge in [-0.1, -0.05) is 30.7 Å². The quantitative estimate of drug-likeness (QED) is 0.838.